The molecule has 5 N–H and O–H groups in total. The van der Waals surface area contributed by atoms with Crippen molar-refractivity contribution in [1.29, 1.82) is 0 Å². The Morgan fingerprint density at radius 3 is 1.93 bits per heavy atom. The summed E-state index contributed by atoms with van der Waals surface area (Å²) in [5.74, 6) is -0.224. The van der Waals surface area contributed by atoms with Gasteiger partial charge in [-0.1, -0.05) is 114 Å². The van der Waals surface area contributed by atoms with Crippen LogP contribution in [0.4, 0.5) is 0 Å². The van der Waals surface area contributed by atoms with Crippen molar-refractivity contribution in [2.75, 3.05) is 19.8 Å². The topological polar surface area (TPSA) is 131 Å². The highest BCUT2D eigenvalue weighted by Gasteiger charge is 2.26. The molecule has 3 unspecified atom stereocenters. The SMILES string of the molecule is CCCCC/C=C/CC/C=C/C(O)C(COP(=O)(O)OCCN)NC(=O)CCCCCCC/C=C\C/C=C\CCCCCC. The summed E-state index contributed by atoms with van der Waals surface area (Å²) in [6, 6.07) is -0.882. The molecule has 0 aromatic carbocycles. The van der Waals surface area contributed by atoms with Gasteiger partial charge in [0.25, 0.3) is 0 Å². The third kappa shape index (κ3) is 29.2. The summed E-state index contributed by atoms with van der Waals surface area (Å²) >= 11 is 0. The largest absolute Gasteiger partial charge is 0.472 e. The lowest BCUT2D eigenvalue weighted by molar-refractivity contribution is -0.123. The zero-order valence-corrected chi connectivity index (χ0v) is 28.8. The molecule has 9 heteroatoms. The van der Waals surface area contributed by atoms with Crippen molar-refractivity contribution >= 4 is 13.7 Å². The number of rotatable bonds is 31. The molecule has 0 aromatic heterocycles. The number of nitrogens with two attached hydrogens (primary N) is 1. The first-order valence-electron chi connectivity index (χ1n) is 17.3. The molecule has 0 aliphatic heterocycles. The third-order valence-corrected chi connectivity index (χ3v) is 8.11. The first-order chi connectivity index (χ1) is 21.4. The second-order valence-corrected chi connectivity index (χ2v) is 12.8. The zero-order chi connectivity index (χ0) is 32.6. The van der Waals surface area contributed by atoms with Crippen LogP contribution >= 0.6 is 7.82 Å². The Kier molecular flexibility index (Phi) is 30.3. The molecule has 0 saturated heterocycles. The monoisotopic (exact) mass is 640 g/mol. The number of phosphoric ester groups is 1. The molecule has 0 heterocycles. The van der Waals surface area contributed by atoms with Crippen molar-refractivity contribution in [3.05, 3.63) is 48.6 Å². The maximum absolute atomic E-state index is 12.6. The predicted molar refractivity (Wildman–Crippen MR) is 184 cm³/mol. The summed E-state index contributed by atoms with van der Waals surface area (Å²) < 4.78 is 21.9. The first kappa shape index (κ1) is 42.5. The predicted octanol–water partition coefficient (Wildman–Crippen LogP) is 8.60. The summed E-state index contributed by atoms with van der Waals surface area (Å²) in [6.07, 6.45) is 35.9. The number of allylic oxidation sites excluding steroid dienone is 7. The van der Waals surface area contributed by atoms with E-state index in [0.29, 0.717) is 6.42 Å². The van der Waals surface area contributed by atoms with Crippen LogP contribution in [-0.2, 0) is 18.4 Å². The fourth-order valence-corrected chi connectivity index (χ4v) is 5.23. The zero-order valence-electron chi connectivity index (χ0n) is 27.9. The normalized spacial score (nSPS) is 15.1. The Balaban J connectivity index is 4.39. The molecule has 0 aliphatic carbocycles. The Morgan fingerprint density at radius 1 is 0.750 bits per heavy atom. The van der Waals surface area contributed by atoms with Crippen LogP contribution in [-0.4, -0.2) is 47.8 Å². The molecule has 0 fully saturated rings. The summed E-state index contributed by atoms with van der Waals surface area (Å²) in [7, 11) is -4.34. The molecule has 0 rings (SSSR count). The van der Waals surface area contributed by atoms with E-state index in [-0.39, 0.29) is 25.7 Å². The molecule has 8 nitrogen and oxygen atoms in total. The van der Waals surface area contributed by atoms with Crippen LogP contribution in [0.1, 0.15) is 136 Å². The van der Waals surface area contributed by atoms with Crippen molar-refractivity contribution in [2.24, 2.45) is 5.73 Å². The molecule has 0 aromatic rings. The average Bonchev–Trinajstić information content (AvgIpc) is 3.01. The van der Waals surface area contributed by atoms with Crippen molar-refractivity contribution in [2.45, 2.75) is 148 Å². The number of phosphoric acid groups is 1. The van der Waals surface area contributed by atoms with E-state index in [1.165, 1.54) is 51.4 Å². The van der Waals surface area contributed by atoms with E-state index < -0.39 is 20.0 Å². The first-order valence-corrected chi connectivity index (χ1v) is 18.8. The number of hydrogen-bond acceptors (Lipinski definition) is 6. The van der Waals surface area contributed by atoms with Crippen LogP contribution in [0, 0.1) is 0 Å². The quantitative estimate of drug-likeness (QED) is 0.0339. The molecule has 1 amide bonds. The fraction of sp³-hybridized carbons (Fsp3) is 0.743. The molecule has 0 radical (unpaired) electrons. The van der Waals surface area contributed by atoms with Crippen LogP contribution in [0.5, 0.6) is 0 Å². The van der Waals surface area contributed by atoms with Gasteiger partial charge >= 0.3 is 7.82 Å². The van der Waals surface area contributed by atoms with E-state index in [4.69, 9.17) is 14.8 Å². The van der Waals surface area contributed by atoms with Gasteiger partial charge in [-0.25, -0.2) is 4.57 Å². The lowest BCUT2D eigenvalue weighted by Crippen LogP contribution is -2.45. The molecule has 44 heavy (non-hydrogen) atoms. The van der Waals surface area contributed by atoms with Gasteiger partial charge in [0.1, 0.15) is 0 Å². The minimum Gasteiger partial charge on any atom is -0.387 e. The molecule has 0 bridgehead atoms. The van der Waals surface area contributed by atoms with E-state index in [0.717, 1.165) is 64.2 Å². The Bertz CT molecular complexity index is 830. The lowest BCUT2D eigenvalue weighted by atomic mass is 10.1. The molecular weight excluding hydrogens is 575 g/mol. The van der Waals surface area contributed by atoms with E-state index in [1.807, 2.05) is 6.08 Å². The number of carbonyl (C=O) groups excluding carboxylic acids is 1. The van der Waals surface area contributed by atoms with E-state index in [9.17, 15) is 19.4 Å². The van der Waals surface area contributed by atoms with E-state index >= 15 is 0 Å². The van der Waals surface area contributed by atoms with Gasteiger partial charge < -0.3 is 21.1 Å². The highest BCUT2D eigenvalue weighted by atomic mass is 31.2. The molecule has 0 spiro atoms. The van der Waals surface area contributed by atoms with Crippen LogP contribution in [0.2, 0.25) is 0 Å². The highest BCUT2D eigenvalue weighted by Crippen LogP contribution is 2.43. The minimum absolute atomic E-state index is 0.0695. The number of aliphatic hydroxyl groups excluding tert-OH is 1. The molecule has 0 aliphatic rings. The van der Waals surface area contributed by atoms with Crippen molar-refractivity contribution in [3.63, 3.8) is 0 Å². The van der Waals surface area contributed by atoms with Gasteiger partial charge in [0.15, 0.2) is 0 Å². The van der Waals surface area contributed by atoms with Crippen molar-refractivity contribution in [3.8, 4) is 0 Å². The fourth-order valence-electron chi connectivity index (χ4n) is 4.47. The second kappa shape index (κ2) is 31.4. The molecule has 256 valence electrons. The summed E-state index contributed by atoms with van der Waals surface area (Å²) in [5, 5.41) is 13.5. The second-order valence-electron chi connectivity index (χ2n) is 11.4. The van der Waals surface area contributed by atoms with Crippen LogP contribution in [0.15, 0.2) is 48.6 Å². The Labute approximate surface area is 269 Å². The number of carbonyl (C=O) groups is 1. The van der Waals surface area contributed by atoms with E-state index in [2.05, 4.69) is 55.6 Å². The minimum atomic E-state index is -4.34. The van der Waals surface area contributed by atoms with Gasteiger partial charge in [0.05, 0.1) is 25.4 Å². The maximum Gasteiger partial charge on any atom is 0.472 e. The number of aliphatic hydroxyl groups is 1. The van der Waals surface area contributed by atoms with Gasteiger partial charge in [-0.15, -0.1) is 0 Å². The summed E-state index contributed by atoms with van der Waals surface area (Å²) in [4.78, 5) is 22.5. The Hall–Kier alpha value is -1.54. The van der Waals surface area contributed by atoms with Crippen LogP contribution in [0.25, 0.3) is 0 Å². The maximum atomic E-state index is 12.6. The summed E-state index contributed by atoms with van der Waals surface area (Å²) in [5.41, 5.74) is 5.33. The number of amides is 1. The van der Waals surface area contributed by atoms with Gasteiger partial charge in [-0.05, 0) is 64.2 Å². The number of unbranched alkanes of at least 4 members (excludes halogenated alkanes) is 13. The highest BCUT2D eigenvalue weighted by molar-refractivity contribution is 7.47. The van der Waals surface area contributed by atoms with Gasteiger partial charge in [0, 0.05) is 13.0 Å². The standard InChI is InChI=1S/C35H65N2O6P/c1-3-5-7-9-11-13-14-15-16-17-18-19-21-23-25-27-29-35(39)37-33(32-43-44(40,41)42-31-30-36)34(38)28-26-24-22-20-12-10-8-6-4-2/h12-14,16-17,20,26,28,33-34,38H,3-11,15,18-19,21-25,27,29-32,36H2,1-2H3,(H,37,39)(H,40,41)/b14-13-,17-16-,20-12+,28-26+. The Morgan fingerprint density at radius 2 is 1.27 bits per heavy atom. The van der Waals surface area contributed by atoms with Crippen LogP contribution in [0.3, 0.4) is 0 Å². The molecule has 3 atom stereocenters. The smallest absolute Gasteiger partial charge is 0.387 e. The third-order valence-electron chi connectivity index (χ3n) is 7.13. The van der Waals surface area contributed by atoms with Gasteiger partial charge in [-0.2, -0.15) is 0 Å². The van der Waals surface area contributed by atoms with Crippen molar-refractivity contribution in [1.82, 2.24) is 5.32 Å². The average molecular weight is 641 g/mol. The van der Waals surface area contributed by atoms with Crippen LogP contribution < -0.4 is 11.1 Å². The summed E-state index contributed by atoms with van der Waals surface area (Å²) in [6.45, 7) is 3.99. The van der Waals surface area contributed by atoms with Gasteiger partial charge in [0.2, 0.25) is 5.91 Å². The molecular formula is C35H65N2O6P. The number of hydrogen-bond donors (Lipinski definition) is 4. The van der Waals surface area contributed by atoms with E-state index in [1.54, 1.807) is 6.08 Å². The van der Waals surface area contributed by atoms with Crippen molar-refractivity contribution < 1.29 is 28.4 Å². The lowest BCUT2D eigenvalue weighted by Gasteiger charge is -2.23. The van der Waals surface area contributed by atoms with Gasteiger partial charge in [-0.3, -0.25) is 13.8 Å². The number of nitrogens with one attached hydrogen (secondary N) is 1. The molecule has 0 saturated carbocycles.